The standard InChI is InChI=1S/C26H34N4O6/c1-16-6-9-18(10-7-16)27-25(33)26(2)15-30-21(13-20(28-30)24(32)36-5)23(31)29(26)14-17-8-11-19(34-3)12-22(17)35-4/h8,11-13,16,18H,6-7,9-10,14-15H2,1-5H3,(H,27,33)/t16?,18?,26-/m0/s1. The van der Waals surface area contributed by atoms with E-state index >= 15 is 0 Å². The Hall–Kier alpha value is -3.56. The number of benzene rings is 1. The number of methoxy groups -OCH3 is 3. The Balaban J connectivity index is 1.70. The van der Waals surface area contributed by atoms with Crippen LogP contribution in [0.1, 0.15) is 66.1 Å². The highest BCUT2D eigenvalue weighted by Gasteiger charge is 2.49. The Morgan fingerprint density at radius 1 is 1.11 bits per heavy atom. The summed E-state index contributed by atoms with van der Waals surface area (Å²) in [7, 11) is 4.37. The Bertz CT molecular complexity index is 1150. The zero-order valence-corrected chi connectivity index (χ0v) is 21.5. The number of amides is 2. The molecule has 1 aliphatic heterocycles. The van der Waals surface area contributed by atoms with Gasteiger partial charge in [-0.15, -0.1) is 0 Å². The van der Waals surface area contributed by atoms with Gasteiger partial charge < -0.3 is 24.4 Å². The Kier molecular flexibility index (Phi) is 7.23. The molecule has 0 unspecified atom stereocenters. The van der Waals surface area contributed by atoms with Crippen molar-refractivity contribution in [1.82, 2.24) is 20.0 Å². The quantitative estimate of drug-likeness (QED) is 0.584. The van der Waals surface area contributed by atoms with Crippen LogP contribution in [-0.4, -0.2) is 65.4 Å². The van der Waals surface area contributed by atoms with Crippen LogP contribution in [0.4, 0.5) is 0 Å². The summed E-state index contributed by atoms with van der Waals surface area (Å²) in [5.41, 5.74) is -0.288. The molecule has 4 rings (SSSR count). The van der Waals surface area contributed by atoms with Gasteiger partial charge in [-0.05, 0) is 50.7 Å². The minimum Gasteiger partial charge on any atom is -0.497 e. The predicted octanol–water partition coefficient (Wildman–Crippen LogP) is 2.80. The summed E-state index contributed by atoms with van der Waals surface area (Å²) in [6.07, 6.45) is 3.92. The molecule has 10 nitrogen and oxygen atoms in total. The van der Waals surface area contributed by atoms with Crippen molar-refractivity contribution < 1.29 is 28.6 Å². The molecule has 0 radical (unpaired) electrons. The summed E-state index contributed by atoms with van der Waals surface area (Å²) < 4.78 is 17.1. The van der Waals surface area contributed by atoms with Crippen LogP contribution in [0.2, 0.25) is 0 Å². The lowest BCUT2D eigenvalue weighted by Crippen LogP contribution is -2.64. The molecule has 1 N–H and O–H groups in total. The number of rotatable bonds is 7. The summed E-state index contributed by atoms with van der Waals surface area (Å²) in [5.74, 6) is 0.511. The molecule has 2 amide bonds. The van der Waals surface area contributed by atoms with Crippen molar-refractivity contribution in [3.8, 4) is 11.5 Å². The van der Waals surface area contributed by atoms with Crippen molar-refractivity contribution in [3.63, 3.8) is 0 Å². The molecule has 1 aliphatic carbocycles. The monoisotopic (exact) mass is 498 g/mol. The zero-order valence-electron chi connectivity index (χ0n) is 21.5. The number of hydrogen-bond acceptors (Lipinski definition) is 7. The summed E-state index contributed by atoms with van der Waals surface area (Å²) in [5, 5.41) is 7.47. The molecule has 0 saturated heterocycles. The highest BCUT2D eigenvalue weighted by molar-refractivity contribution is 6.01. The third-order valence-corrected chi connectivity index (χ3v) is 7.36. The number of fused-ring (bicyclic) bond motifs is 1. The molecule has 2 aliphatic rings. The fraction of sp³-hybridized carbons (Fsp3) is 0.538. The lowest BCUT2D eigenvalue weighted by molar-refractivity contribution is -0.134. The fourth-order valence-corrected chi connectivity index (χ4v) is 4.99. The molecule has 0 spiro atoms. The normalized spacial score (nSPS) is 23.6. The summed E-state index contributed by atoms with van der Waals surface area (Å²) in [6.45, 7) is 4.18. The van der Waals surface area contributed by atoms with Crippen LogP contribution in [-0.2, 0) is 22.6 Å². The molecule has 10 heteroatoms. The molecular weight excluding hydrogens is 464 g/mol. The highest BCUT2D eigenvalue weighted by Crippen LogP contribution is 2.34. The van der Waals surface area contributed by atoms with Crippen molar-refractivity contribution in [2.75, 3.05) is 21.3 Å². The maximum atomic E-state index is 13.8. The first-order valence-electron chi connectivity index (χ1n) is 12.2. The SMILES string of the molecule is COC(=O)c1cc2n(n1)C[C@@](C)(C(=O)NC1CCC(C)CC1)N(Cc1ccc(OC)cc1OC)C2=O. The van der Waals surface area contributed by atoms with Crippen molar-refractivity contribution in [2.24, 2.45) is 5.92 Å². The van der Waals surface area contributed by atoms with Crippen molar-refractivity contribution in [1.29, 1.82) is 0 Å². The largest absolute Gasteiger partial charge is 0.497 e. The van der Waals surface area contributed by atoms with E-state index in [-0.39, 0.29) is 36.4 Å². The lowest BCUT2D eigenvalue weighted by Gasteiger charge is -2.44. The Morgan fingerprint density at radius 2 is 1.83 bits per heavy atom. The number of carbonyl (C=O) groups is 3. The maximum Gasteiger partial charge on any atom is 0.358 e. The maximum absolute atomic E-state index is 13.8. The van der Waals surface area contributed by atoms with Gasteiger partial charge in [0.2, 0.25) is 5.91 Å². The van der Waals surface area contributed by atoms with Gasteiger partial charge >= 0.3 is 5.97 Å². The fourth-order valence-electron chi connectivity index (χ4n) is 4.99. The van der Waals surface area contributed by atoms with Crippen LogP contribution in [0.25, 0.3) is 0 Å². The smallest absolute Gasteiger partial charge is 0.358 e. The van der Waals surface area contributed by atoms with Gasteiger partial charge in [0.05, 0.1) is 34.4 Å². The minimum absolute atomic E-state index is 0.0220. The predicted molar refractivity (Wildman–Crippen MR) is 131 cm³/mol. The van der Waals surface area contributed by atoms with Gasteiger partial charge in [0.15, 0.2) is 5.69 Å². The number of esters is 1. The van der Waals surface area contributed by atoms with Crippen LogP contribution in [0.5, 0.6) is 11.5 Å². The van der Waals surface area contributed by atoms with Gasteiger partial charge in [-0.25, -0.2) is 4.79 Å². The molecule has 1 aromatic carbocycles. The van der Waals surface area contributed by atoms with E-state index in [0.29, 0.717) is 17.4 Å². The first-order valence-corrected chi connectivity index (χ1v) is 12.2. The van der Waals surface area contributed by atoms with E-state index in [1.165, 1.54) is 22.8 Å². The third-order valence-electron chi connectivity index (χ3n) is 7.36. The van der Waals surface area contributed by atoms with E-state index in [1.54, 1.807) is 33.3 Å². The number of hydrogen-bond donors (Lipinski definition) is 1. The van der Waals surface area contributed by atoms with Gasteiger partial charge in [0, 0.05) is 23.7 Å². The van der Waals surface area contributed by atoms with Gasteiger partial charge in [-0.3, -0.25) is 14.3 Å². The molecule has 0 bridgehead atoms. The minimum atomic E-state index is -1.25. The molecule has 194 valence electrons. The summed E-state index contributed by atoms with van der Waals surface area (Å²) >= 11 is 0. The van der Waals surface area contributed by atoms with Gasteiger partial charge in [0.25, 0.3) is 5.91 Å². The van der Waals surface area contributed by atoms with E-state index in [0.717, 1.165) is 31.2 Å². The average molecular weight is 499 g/mol. The van der Waals surface area contributed by atoms with E-state index in [2.05, 4.69) is 17.3 Å². The van der Waals surface area contributed by atoms with Gasteiger partial charge in [-0.2, -0.15) is 5.10 Å². The topological polar surface area (TPSA) is 112 Å². The zero-order chi connectivity index (χ0) is 26.0. The van der Waals surface area contributed by atoms with Crippen LogP contribution < -0.4 is 14.8 Å². The van der Waals surface area contributed by atoms with Crippen molar-refractivity contribution >= 4 is 17.8 Å². The Morgan fingerprint density at radius 3 is 2.47 bits per heavy atom. The number of ether oxygens (including phenoxy) is 3. The summed E-state index contributed by atoms with van der Waals surface area (Å²) in [4.78, 5) is 41.2. The number of carbonyl (C=O) groups excluding carboxylic acids is 3. The molecule has 1 atom stereocenters. The summed E-state index contributed by atoms with van der Waals surface area (Å²) in [6, 6.07) is 6.81. The number of aromatic nitrogens is 2. The van der Waals surface area contributed by atoms with E-state index in [4.69, 9.17) is 14.2 Å². The second-order valence-electron chi connectivity index (χ2n) is 9.84. The van der Waals surface area contributed by atoms with Gasteiger partial charge in [0.1, 0.15) is 22.7 Å². The molecular formula is C26H34N4O6. The molecule has 36 heavy (non-hydrogen) atoms. The number of nitrogens with zero attached hydrogens (tertiary/aromatic N) is 3. The number of nitrogens with one attached hydrogen (secondary N) is 1. The van der Waals surface area contributed by atoms with Crippen LogP contribution in [0.15, 0.2) is 24.3 Å². The molecule has 1 fully saturated rings. The second-order valence-corrected chi connectivity index (χ2v) is 9.84. The first-order chi connectivity index (χ1) is 17.2. The van der Waals surface area contributed by atoms with Crippen molar-refractivity contribution in [2.45, 2.75) is 64.2 Å². The van der Waals surface area contributed by atoms with Crippen LogP contribution >= 0.6 is 0 Å². The third kappa shape index (κ3) is 4.76. The highest BCUT2D eigenvalue weighted by atomic mass is 16.5. The van der Waals surface area contributed by atoms with Crippen LogP contribution in [0.3, 0.4) is 0 Å². The van der Waals surface area contributed by atoms with E-state index in [9.17, 15) is 14.4 Å². The molecule has 2 aromatic rings. The van der Waals surface area contributed by atoms with Crippen LogP contribution in [0, 0.1) is 5.92 Å². The Labute approximate surface area is 210 Å². The molecule has 1 saturated carbocycles. The second kappa shape index (κ2) is 10.2. The van der Waals surface area contributed by atoms with Crippen molar-refractivity contribution in [3.05, 3.63) is 41.2 Å². The molecule has 1 aromatic heterocycles. The molecule has 2 heterocycles. The first kappa shape index (κ1) is 25.5. The lowest BCUT2D eigenvalue weighted by atomic mass is 9.86. The van der Waals surface area contributed by atoms with Gasteiger partial charge in [-0.1, -0.05) is 6.92 Å². The van der Waals surface area contributed by atoms with E-state index < -0.39 is 17.4 Å². The average Bonchev–Trinajstić information content (AvgIpc) is 3.31. The van der Waals surface area contributed by atoms with E-state index in [1.807, 2.05) is 6.07 Å².